The maximum absolute atomic E-state index is 13.1. The molecule has 2 rings (SSSR count). The highest BCUT2D eigenvalue weighted by atomic mass is 35.5. The molecular formula is C14H12ClF2N3O. The van der Waals surface area contributed by atoms with E-state index in [-0.39, 0.29) is 18.1 Å². The van der Waals surface area contributed by atoms with Crippen molar-refractivity contribution in [1.29, 1.82) is 0 Å². The first-order chi connectivity index (χ1) is 10.0. The van der Waals surface area contributed by atoms with Crippen molar-refractivity contribution in [3.63, 3.8) is 0 Å². The summed E-state index contributed by atoms with van der Waals surface area (Å²) in [7, 11) is 0. The molecule has 0 aliphatic rings. The molecule has 2 aromatic rings. The quantitative estimate of drug-likeness (QED) is 0.864. The average Bonchev–Trinajstić information content (AvgIpc) is 2.47. The van der Waals surface area contributed by atoms with Crippen LogP contribution in [0, 0.1) is 11.6 Å². The van der Waals surface area contributed by atoms with Gasteiger partial charge >= 0.3 is 0 Å². The van der Waals surface area contributed by atoms with Gasteiger partial charge in [0.25, 0.3) is 5.56 Å². The molecule has 1 aromatic carbocycles. The highest BCUT2D eigenvalue weighted by Crippen LogP contribution is 2.17. The fraction of sp³-hybridized carbons (Fsp3) is 0.143. The largest absolute Gasteiger partial charge is 0.378 e. The van der Waals surface area contributed by atoms with Gasteiger partial charge in [-0.25, -0.2) is 13.5 Å². The van der Waals surface area contributed by atoms with E-state index < -0.39 is 17.2 Å². The van der Waals surface area contributed by atoms with Gasteiger partial charge in [-0.05, 0) is 17.7 Å². The zero-order chi connectivity index (χ0) is 15.4. The number of allylic oxidation sites excluding steroid dienone is 1. The van der Waals surface area contributed by atoms with Crippen LogP contribution in [0.3, 0.4) is 0 Å². The Morgan fingerprint density at radius 3 is 2.81 bits per heavy atom. The smallest absolute Gasteiger partial charge is 0.287 e. The SMILES string of the molecule is C=CCn1ncc(NCc2ccc(F)c(F)c2)c(Cl)c1=O. The van der Waals surface area contributed by atoms with E-state index in [4.69, 9.17) is 11.6 Å². The molecule has 0 amide bonds. The molecule has 7 heteroatoms. The Morgan fingerprint density at radius 2 is 2.14 bits per heavy atom. The Morgan fingerprint density at radius 1 is 1.38 bits per heavy atom. The van der Waals surface area contributed by atoms with Crippen LogP contribution in [-0.4, -0.2) is 9.78 Å². The number of hydrogen-bond donors (Lipinski definition) is 1. The maximum Gasteiger partial charge on any atom is 0.287 e. The molecule has 0 fully saturated rings. The van der Waals surface area contributed by atoms with Crippen molar-refractivity contribution in [1.82, 2.24) is 9.78 Å². The van der Waals surface area contributed by atoms with Crippen LogP contribution in [-0.2, 0) is 13.1 Å². The van der Waals surface area contributed by atoms with Crippen LogP contribution in [0.25, 0.3) is 0 Å². The van der Waals surface area contributed by atoms with Gasteiger partial charge in [0.2, 0.25) is 0 Å². The molecule has 0 saturated heterocycles. The van der Waals surface area contributed by atoms with Crippen molar-refractivity contribution in [2.45, 2.75) is 13.1 Å². The Kier molecular flexibility index (Phi) is 4.70. The molecule has 4 nitrogen and oxygen atoms in total. The van der Waals surface area contributed by atoms with Gasteiger partial charge in [-0.3, -0.25) is 4.79 Å². The summed E-state index contributed by atoms with van der Waals surface area (Å²) in [4.78, 5) is 11.9. The van der Waals surface area contributed by atoms with E-state index in [0.717, 1.165) is 16.8 Å². The van der Waals surface area contributed by atoms with Crippen molar-refractivity contribution in [3.05, 3.63) is 69.6 Å². The van der Waals surface area contributed by atoms with Crippen LogP contribution >= 0.6 is 11.6 Å². The van der Waals surface area contributed by atoms with Gasteiger partial charge in [-0.15, -0.1) is 6.58 Å². The number of aromatic nitrogens is 2. The van der Waals surface area contributed by atoms with Gasteiger partial charge in [0, 0.05) is 6.54 Å². The van der Waals surface area contributed by atoms with Gasteiger partial charge < -0.3 is 5.32 Å². The molecule has 0 spiro atoms. The molecule has 0 atom stereocenters. The third kappa shape index (κ3) is 3.46. The fourth-order valence-corrected chi connectivity index (χ4v) is 1.90. The van der Waals surface area contributed by atoms with Crippen LogP contribution in [0.4, 0.5) is 14.5 Å². The van der Waals surface area contributed by atoms with E-state index in [1.54, 1.807) is 0 Å². The monoisotopic (exact) mass is 311 g/mol. The summed E-state index contributed by atoms with van der Waals surface area (Å²) < 4.78 is 27.1. The molecule has 0 radical (unpaired) electrons. The minimum Gasteiger partial charge on any atom is -0.378 e. The van der Waals surface area contributed by atoms with Crippen LogP contribution < -0.4 is 10.9 Å². The van der Waals surface area contributed by atoms with E-state index in [1.807, 2.05) is 0 Å². The Bertz CT molecular complexity index is 731. The minimum atomic E-state index is -0.931. The molecule has 0 bridgehead atoms. The van der Waals surface area contributed by atoms with Gasteiger partial charge in [0.15, 0.2) is 11.6 Å². The molecule has 0 aliphatic carbocycles. The van der Waals surface area contributed by atoms with Gasteiger partial charge in [-0.1, -0.05) is 23.7 Å². The number of halogens is 3. The number of rotatable bonds is 5. The first-order valence-electron chi connectivity index (χ1n) is 6.07. The van der Waals surface area contributed by atoms with Crippen molar-refractivity contribution in [2.75, 3.05) is 5.32 Å². The zero-order valence-electron chi connectivity index (χ0n) is 10.9. The third-order valence-corrected chi connectivity index (χ3v) is 3.12. The summed E-state index contributed by atoms with van der Waals surface area (Å²) in [5.74, 6) is -1.84. The fourth-order valence-electron chi connectivity index (χ4n) is 1.69. The summed E-state index contributed by atoms with van der Waals surface area (Å²) in [5.41, 5.74) is 0.388. The normalized spacial score (nSPS) is 10.4. The molecule has 110 valence electrons. The maximum atomic E-state index is 13.1. The first kappa shape index (κ1) is 15.2. The van der Waals surface area contributed by atoms with E-state index in [2.05, 4.69) is 17.0 Å². The predicted octanol–water partition coefficient (Wildman–Crippen LogP) is 2.97. The van der Waals surface area contributed by atoms with Crippen molar-refractivity contribution >= 4 is 17.3 Å². The number of hydrogen-bond acceptors (Lipinski definition) is 3. The molecule has 21 heavy (non-hydrogen) atoms. The van der Waals surface area contributed by atoms with Crippen LogP contribution in [0.15, 0.2) is 41.8 Å². The highest BCUT2D eigenvalue weighted by Gasteiger charge is 2.09. The molecule has 1 N–H and O–H groups in total. The summed E-state index contributed by atoms with van der Waals surface area (Å²) in [6.07, 6.45) is 2.92. The summed E-state index contributed by atoms with van der Waals surface area (Å²) in [6.45, 7) is 3.95. The van der Waals surface area contributed by atoms with E-state index in [0.29, 0.717) is 11.3 Å². The van der Waals surface area contributed by atoms with E-state index in [1.165, 1.54) is 18.3 Å². The zero-order valence-corrected chi connectivity index (χ0v) is 11.7. The minimum absolute atomic E-state index is 0.0190. The molecule has 0 unspecified atom stereocenters. The first-order valence-corrected chi connectivity index (χ1v) is 6.45. The number of nitrogens with zero attached hydrogens (tertiary/aromatic N) is 2. The van der Waals surface area contributed by atoms with Crippen LogP contribution in [0.2, 0.25) is 5.02 Å². The predicted molar refractivity (Wildman–Crippen MR) is 77.4 cm³/mol. The van der Waals surface area contributed by atoms with Crippen LogP contribution in [0.5, 0.6) is 0 Å². The highest BCUT2D eigenvalue weighted by molar-refractivity contribution is 6.32. The van der Waals surface area contributed by atoms with Gasteiger partial charge in [-0.2, -0.15) is 5.10 Å². The van der Waals surface area contributed by atoms with E-state index >= 15 is 0 Å². The van der Waals surface area contributed by atoms with Crippen molar-refractivity contribution < 1.29 is 8.78 Å². The van der Waals surface area contributed by atoms with Crippen LogP contribution in [0.1, 0.15) is 5.56 Å². The second kappa shape index (κ2) is 6.49. The van der Waals surface area contributed by atoms with Gasteiger partial charge in [0.1, 0.15) is 5.02 Å². The molecule has 0 aliphatic heterocycles. The lowest BCUT2D eigenvalue weighted by Gasteiger charge is -2.09. The standard InChI is InChI=1S/C14H12ClF2N3O/c1-2-5-20-14(21)13(15)12(8-19-20)18-7-9-3-4-10(16)11(17)6-9/h2-4,6,8,18H,1,5,7H2. The summed E-state index contributed by atoms with van der Waals surface area (Å²) in [5, 5.41) is 6.77. The molecule has 0 saturated carbocycles. The lowest BCUT2D eigenvalue weighted by atomic mass is 10.2. The third-order valence-electron chi connectivity index (χ3n) is 2.75. The lowest BCUT2D eigenvalue weighted by molar-refractivity contribution is 0.507. The van der Waals surface area contributed by atoms with E-state index in [9.17, 15) is 13.6 Å². The Balaban J connectivity index is 2.16. The second-order valence-corrected chi connectivity index (χ2v) is 4.63. The van der Waals surface area contributed by atoms with Crippen molar-refractivity contribution in [2.24, 2.45) is 0 Å². The average molecular weight is 312 g/mol. The number of anilines is 1. The molecule has 1 heterocycles. The molecule has 1 aromatic heterocycles. The number of benzene rings is 1. The lowest BCUT2D eigenvalue weighted by Crippen LogP contribution is -2.23. The van der Waals surface area contributed by atoms with Crippen molar-refractivity contribution in [3.8, 4) is 0 Å². The molecular weight excluding hydrogens is 300 g/mol. The summed E-state index contributed by atoms with van der Waals surface area (Å²) >= 11 is 5.95. The number of nitrogens with one attached hydrogen (secondary N) is 1. The Labute approximate surface area is 124 Å². The topological polar surface area (TPSA) is 46.9 Å². The second-order valence-electron chi connectivity index (χ2n) is 4.25. The summed E-state index contributed by atoms with van der Waals surface area (Å²) in [6, 6.07) is 3.54. The van der Waals surface area contributed by atoms with Gasteiger partial charge in [0.05, 0.1) is 18.4 Å². The Hall–Kier alpha value is -2.21.